The van der Waals surface area contributed by atoms with Gasteiger partial charge in [0.2, 0.25) is 0 Å². The van der Waals surface area contributed by atoms with Crippen molar-refractivity contribution in [2.24, 2.45) is 11.8 Å². The highest BCUT2D eigenvalue weighted by Crippen LogP contribution is 2.36. The molecule has 2 bridgehead atoms. The van der Waals surface area contributed by atoms with Crippen molar-refractivity contribution in [2.75, 3.05) is 65.7 Å². The predicted octanol–water partition coefficient (Wildman–Crippen LogP) is 1.88. The summed E-state index contributed by atoms with van der Waals surface area (Å²) in [5, 5.41) is 14.8. The molecule has 4 rings (SSSR count). The van der Waals surface area contributed by atoms with E-state index in [4.69, 9.17) is 5.26 Å². The van der Waals surface area contributed by atoms with Gasteiger partial charge in [-0.1, -0.05) is 6.07 Å². The first kappa shape index (κ1) is 21.6. The zero-order valence-electron chi connectivity index (χ0n) is 17.9. The minimum absolute atomic E-state index is 0.206. The van der Waals surface area contributed by atoms with Gasteiger partial charge < -0.3 is 20.4 Å². The Balaban J connectivity index is 1.43. The van der Waals surface area contributed by atoms with Crippen LogP contribution in [0.4, 0.5) is 10.5 Å². The van der Waals surface area contributed by atoms with Crippen LogP contribution in [0.5, 0.6) is 0 Å². The monoisotopic (exact) mass is 398 g/mol. The molecule has 158 valence electrons. The maximum Gasteiger partial charge on any atom is 0.319 e. The molecule has 0 radical (unpaired) electrons. The number of hydrogen-bond acceptors (Lipinski definition) is 5. The number of carbonyl (C=O) groups excluding carboxylic acids is 1. The first-order chi connectivity index (χ1) is 13.9. The van der Waals surface area contributed by atoms with Crippen LogP contribution in [0.25, 0.3) is 0 Å². The third kappa shape index (κ3) is 6.17. The Morgan fingerprint density at radius 1 is 1.31 bits per heavy atom. The van der Waals surface area contributed by atoms with Crippen LogP contribution < -0.4 is 10.6 Å². The highest BCUT2D eigenvalue weighted by Gasteiger charge is 2.40. The van der Waals surface area contributed by atoms with Crippen molar-refractivity contribution in [2.45, 2.75) is 18.9 Å². The van der Waals surface area contributed by atoms with Crippen LogP contribution in [-0.2, 0) is 0 Å². The second kappa shape index (κ2) is 10.1. The summed E-state index contributed by atoms with van der Waals surface area (Å²) in [6, 6.07) is 9.29. The van der Waals surface area contributed by atoms with E-state index in [9.17, 15) is 4.79 Å². The highest BCUT2D eigenvalue weighted by molar-refractivity contribution is 5.89. The molecule has 2 N–H and O–H groups in total. The third-order valence-electron chi connectivity index (χ3n) is 6.24. The number of nitriles is 1. The van der Waals surface area contributed by atoms with Gasteiger partial charge in [0.25, 0.3) is 0 Å². The molecular weight excluding hydrogens is 364 g/mol. The lowest BCUT2D eigenvalue weighted by molar-refractivity contribution is -0.00849. The standard InChI is InChI=1S/C22H34N6O/c1-26(2)9-10-27(3)15-19-16-28-8-7-18(19)12-21(28)14-24-22(29)25-20-6-4-5-17(11-20)13-23/h4-6,11,18-19,21H,7-10,12,14-16H2,1-3H3,(H2,24,25,29)/t18-,19+,21+/m0/s1. The molecule has 0 aromatic heterocycles. The van der Waals surface area contributed by atoms with Crippen molar-refractivity contribution in [1.82, 2.24) is 20.0 Å². The van der Waals surface area contributed by atoms with Crippen molar-refractivity contribution in [3.05, 3.63) is 29.8 Å². The van der Waals surface area contributed by atoms with Gasteiger partial charge in [0.1, 0.15) is 0 Å². The predicted molar refractivity (Wildman–Crippen MR) is 116 cm³/mol. The summed E-state index contributed by atoms with van der Waals surface area (Å²) < 4.78 is 0. The number of urea groups is 1. The maximum absolute atomic E-state index is 12.3. The lowest BCUT2D eigenvalue weighted by Gasteiger charge is -2.50. The molecule has 2 amide bonds. The van der Waals surface area contributed by atoms with Crippen molar-refractivity contribution >= 4 is 11.7 Å². The average molecular weight is 399 g/mol. The minimum atomic E-state index is -0.206. The van der Waals surface area contributed by atoms with Gasteiger partial charge in [-0.05, 0) is 70.6 Å². The third-order valence-corrected chi connectivity index (χ3v) is 6.24. The summed E-state index contributed by atoms with van der Waals surface area (Å²) in [7, 11) is 6.47. The summed E-state index contributed by atoms with van der Waals surface area (Å²) in [6.45, 7) is 6.30. The quantitative estimate of drug-likeness (QED) is 0.699. The van der Waals surface area contributed by atoms with Crippen LogP contribution in [0.1, 0.15) is 18.4 Å². The number of piperidine rings is 3. The molecule has 1 aromatic rings. The minimum Gasteiger partial charge on any atom is -0.336 e. The van der Waals surface area contributed by atoms with E-state index in [-0.39, 0.29) is 6.03 Å². The van der Waals surface area contributed by atoms with Gasteiger partial charge in [-0.2, -0.15) is 5.26 Å². The largest absolute Gasteiger partial charge is 0.336 e. The Kier molecular flexibility index (Phi) is 7.48. The fraction of sp³-hybridized carbons (Fsp3) is 0.636. The van der Waals surface area contributed by atoms with E-state index >= 15 is 0 Å². The number of anilines is 1. The number of fused-ring (bicyclic) bond motifs is 3. The SMILES string of the molecule is CN(C)CCN(C)C[C@@H]1CN2CC[C@H]1C[C@@H]2CNC(=O)Nc1cccc(C#N)c1. The van der Waals surface area contributed by atoms with E-state index in [0.29, 0.717) is 23.8 Å². The normalized spacial score (nSPS) is 25.8. The van der Waals surface area contributed by atoms with Gasteiger partial charge >= 0.3 is 6.03 Å². The van der Waals surface area contributed by atoms with Crippen LogP contribution in [0.3, 0.4) is 0 Å². The van der Waals surface area contributed by atoms with Gasteiger partial charge in [-0.15, -0.1) is 0 Å². The Bertz CT molecular complexity index is 730. The second-order valence-electron chi connectivity index (χ2n) is 8.79. The van der Waals surface area contributed by atoms with Crippen LogP contribution >= 0.6 is 0 Å². The number of rotatable bonds is 8. The topological polar surface area (TPSA) is 74.6 Å². The van der Waals surface area contributed by atoms with Crippen LogP contribution in [0, 0.1) is 23.2 Å². The molecule has 3 aliphatic heterocycles. The number of hydrogen-bond donors (Lipinski definition) is 2. The summed E-state index contributed by atoms with van der Waals surface area (Å²) in [4.78, 5) is 19.5. The van der Waals surface area contributed by atoms with Crippen molar-refractivity contribution in [3.8, 4) is 6.07 Å². The molecular formula is C22H34N6O. The molecule has 4 atom stereocenters. The smallest absolute Gasteiger partial charge is 0.319 e. The second-order valence-corrected chi connectivity index (χ2v) is 8.79. The average Bonchev–Trinajstić information content (AvgIpc) is 2.71. The van der Waals surface area contributed by atoms with Crippen LogP contribution in [0.15, 0.2) is 24.3 Å². The lowest BCUT2D eigenvalue weighted by atomic mass is 9.75. The molecule has 0 aliphatic carbocycles. The summed E-state index contributed by atoms with van der Waals surface area (Å²) >= 11 is 0. The fourth-order valence-electron chi connectivity index (χ4n) is 4.58. The Morgan fingerprint density at radius 2 is 2.14 bits per heavy atom. The Hall–Kier alpha value is -2.14. The molecule has 0 spiro atoms. The van der Waals surface area contributed by atoms with E-state index < -0.39 is 0 Å². The number of carbonyl (C=O) groups is 1. The fourth-order valence-corrected chi connectivity index (χ4v) is 4.58. The van der Waals surface area contributed by atoms with Gasteiger partial charge in [0.05, 0.1) is 11.6 Å². The number of nitrogens with one attached hydrogen (secondary N) is 2. The van der Waals surface area contributed by atoms with Gasteiger partial charge in [0.15, 0.2) is 0 Å². The molecule has 1 aromatic carbocycles. The molecule has 3 heterocycles. The Labute approximate surface area is 174 Å². The molecule has 7 heteroatoms. The summed E-state index contributed by atoms with van der Waals surface area (Å²) in [5.41, 5.74) is 1.19. The zero-order valence-corrected chi connectivity index (χ0v) is 17.9. The zero-order chi connectivity index (χ0) is 20.8. The Morgan fingerprint density at radius 3 is 2.83 bits per heavy atom. The molecule has 1 unspecified atom stereocenters. The summed E-state index contributed by atoms with van der Waals surface area (Å²) in [5.74, 6) is 1.48. The van der Waals surface area contributed by atoms with E-state index in [1.807, 2.05) is 0 Å². The van der Waals surface area contributed by atoms with Crippen LogP contribution in [0.2, 0.25) is 0 Å². The van der Waals surface area contributed by atoms with E-state index in [0.717, 1.165) is 51.0 Å². The molecule has 3 fully saturated rings. The van der Waals surface area contributed by atoms with Gasteiger partial charge in [-0.3, -0.25) is 4.90 Å². The van der Waals surface area contributed by atoms with E-state index in [1.165, 1.54) is 6.42 Å². The number of benzene rings is 1. The summed E-state index contributed by atoms with van der Waals surface area (Å²) in [6.07, 6.45) is 2.44. The first-order valence-electron chi connectivity index (χ1n) is 10.6. The highest BCUT2D eigenvalue weighted by atomic mass is 16.2. The van der Waals surface area contributed by atoms with Crippen LogP contribution in [-0.4, -0.2) is 87.2 Å². The van der Waals surface area contributed by atoms with Gasteiger partial charge in [0, 0.05) is 44.5 Å². The van der Waals surface area contributed by atoms with Crippen molar-refractivity contribution < 1.29 is 4.79 Å². The first-order valence-corrected chi connectivity index (χ1v) is 10.6. The van der Waals surface area contributed by atoms with E-state index in [1.54, 1.807) is 24.3 Å². The number of nitrogens with zero attached hydrogens (tertiary/aromatic N) is 4. The van der Waals surface area contributed by atoms with Crippen molar-refractivity contribution in [3.63, 3.8) is 0 Å². The maximum atomic E-state index is 12.3. The number of amides is 2. The molecule has 29 heavy (non-hydrogen) atoms. The molecule has 3 aliphatic rings. The molecule has 0 saturated carbocycles. The molecule has 7 nitrogen and oxygen atoms in total. The number of likely N-dealkylation sites (N-methyl/N-ethyl adjacent to an activating group) is 2. The van der Waals surface area contributed by atoms with E-state index in [2.05, 4.69) is 52.5 Å². The molecule has 3 saturated heterocycles. The van der Waals surface area contributed by atoms with Gasteiger partial charge in [-0.25, -0.2) is 4.79 Å². The lowest BCUT2D eigenvalue weighted by Crippen LogP contribution is -2.58. The van der Waals surface area contributed by atoms with Crippen molar-refractivity contribution in [1.29, 1.82) is 5.26 Å².